The first kappa shape index (κ1) is 12.7. The van der Waals surface area contributed by atoms with Gasteiger partial charge in [-0.3, -0.25) is 10.1 Å². The van der Waals surface area contributed by atoms with E-state index in [1.165, 1.54) is 0 Å². The Morgan fingerprint density at radius 1 is 1.45 bits per heavy atom. The minimum Gasteiger partial charge on any atom is -0.493 e. The van der Waals surface area contributed by atoms with Gasteiger partial charge in [0.25, 0.3) is 5.91 Å². The van der Waals surface area contributed by atoms with Gasteiger partial charge in [0.15, 0.2) is 0 Å². The molecule has 0 unspecified atom stereocenters. The average molecular weight is 272 g/mol. The number of benzene rings is 1. The molecule has 1 aromatic carbocycles. The molecule has 20 heavy (non-hydrogen) atoms. The van der Waals surface area contributed by atoms with E-state index in [4.69, 9.17) is 9.26 Å². The molecule has 2 aromatic rings. The van der Waals surface area contributed by atoms with Crippen LogP contribution in [0.15, 0.2) is 22.7 Å². The zero-order valence-electron chi connectivity index (χ0n) is 11.5. The van der Waals surface area contributed by atoms with E-state index in [-0.39, 0.29) is 5.91 Å². The van der Waals surface area contributed by atoms with Gasteiger partial charge >= 0.3 is 0 Å². The first-order valence-corrected chi connectivity index (χ1v) is 6.71. The Hall–Kier alpha value is -2.30. The minimum atomic E-state index is -0.193. The van der Waals surface area contributed by atoms with Crippen molar-refractivity contribution < 1.29 is 14.1 Å². The zero-order chi connectivity index (χ0) is 14.1. The summed E-state index contributed by atoms with van der Waals surface area (Å²) in [7, 11) is 0. The number of hydrogen-bond donors (Lipinski definition) is 1. The van der Waals surface area contributed by atoms with Gasteiger partial charge in [-0.05, 0) is 37.1 Å². The molecule has 0 spiro atoms. The first-order valence-electron chi connectivity index (χ1n) is 6.71. The van der Waals surface area contributed by atoms with Crippen molar-refractivity contribution in [1.82, 2.24) is 5.16 Å². The molecule has 0 saturated carbocycles. The predicted molar refractivity (Wildman–Crippen MR) is 74.2 cm³/mol. The number of anilines is 1. The zero-order valence-corrected chi connectivity index (χ0v) is 11.5. The van der Waals surface area contributed by atoms with E-state index in [1.807, 2.05) is 26.0 Å². The predicted octanol–water partition coefficient (Wildman–Crippen LogP) is 2.73. The van der Waals surface area contributed by atoms with E-state index >= 15 is 0 Å². The molecule has 0 aliphatic carbocycles. The van der Waals surface area contributed by atoms with Crippen LogP contribution in [0, 0.1) is 6.92 Å². The summed E-state index contributed by atoms with van der Waals surface area (Å²) in [6.07, 6.45) is 1.62. The van der Waals surface area contributed by atoms with Gasteiger partial charge in [-0.2, -0.15) is 0 Å². The number of aromatic nitrogens is 1. The van der Waals surface area contributed by atoms with Crippen molar-refractivity contribution in [3.63, 3.8) is 0 Å². The van der Waals surface area contributed by atoms with Gasteiger partial charge in [-0.1, -0.05) is 12.1 Å². The third-order valence-electron chi connectivity index (χ3n) is 3.53. The maximum atomic E-state index is 12.2. The van der Waals surface area contributed by atoms with Gasteiger partial charge < -0.3 is 9.26 Å². The van der Waals surface area contributed by atoms with Crippen molar-refractivity contribution in [3.8, 4) is 5.75 Å². The quantitative estimate of drug-likeness (QED) is 0.933. The summed E-state index contributed by atoms with van der Waals surface area (Å²) in [6, 6.07) is 5.46. The van der Waals surface area contributed by atoms with Gasteiger partial charge in [0.1, 0.15) is 5.75 Å². The van der Waals surface area contributed by atoms with Crippen molar-refractivity contribution in [2.24, 2.45) is 0 Å². The summed E-state index contributed by atoms with van der Waals surface area (Å²) >= 11 is 0. The number of fused-ring (bicyclic) bond motifs is 1. The van der Waals surface area contributed by atoms with Gasteiger partial charge in [0, 0.05) is 17.5 Å². The Labute approximate surface area is 116 Å². The molecule has 0 bridgehead atoms. The van der Waals surface area contributed by atoms with Crippen LogP contribution in [0.5, 0.6) is 5.75 Å². The second-order valence-corrected chi connectivity index (χ2v) is 4.81. The van der Waals surface area contributed by atoms with Gasteiger partial charge in [-0.15, -0.1) is 0 Å². The molecule has 1 aliphatic heterocycles. The smallest absolute Gasteiger partial charge is 0.258 e. The molecule has 5 nitrogen and oxygen atoms in total. The number of aryl methyl sites for hydroxylation is 1. The SMILES string of the molecule is CCc1noc(NC(=O)c2ccc3c(c2)CCO3)c1C. The number of nitrogens with zero attached hydrogens (tertiary/aromatic N) is 1. The van der Waals surface area contributed by atoms with Gasteiger partial charge in [-0.25, -0.2) is 0 Å². The fourth-order valence-electron chi connectivity index (χ4n) is 2.32. The van der Waals surface area contributed by atoms with Crippen LogP contribution in [-0.2, 0) is 12.8 Å². The first-order chi connectivity index (χ1) is 9.69. The summed E-state index contributed by atoms with van der Waals surface area (Å²) in [6.45, 7) is 4.57. The maximum absolute atomic E-state index is 12.2. The van der Waals surface area contributed by atoms with Crippen LogP contribution in [0.3, 0.4) is 0 Å². The largest absolute Gasteiger partial charge is 0.493 e. The summed E-state index contributed by atoms with van der Waals surface area (Å²) in [5, 5.41) is 6.69. The molecule has 0 radical (unpaired) electrons. The molecule has 5 heteroatoms. The van der Waals surface area contributed by atoms with Crippen molar-refractivity contribution >= 4 is 11.8 Å². The van der Waals surface area contributed by atoms with Crippen molar-refractivity contribution in [3.05, 3.63) is 40.6 Å². The van der Waals surface area contributed by atoms with Crippen LogP contribution in [0.1, 0.15) is 34.1 Å². The lowest BCUT2D eigenvalue weighted by atomic mass is 10.1. The van der Waals surface area contributed by atoms with Crippen LogP contribution in [0.2, 0.25) is 0 Å². The third-order valence-corrected chi connectivity index (χ3v) is 3.53. The number of ether oxygens (including phenoxy) is 1. The molecular weight excluding hydrogens is 256 g/mol. The van der Waals surface area contributed by atoms with Gasteiger partial charge in [0.2, 0.25) is 5.88 Å². The molecular formula is C15H16N2O3. The van der Waals surface area contributed by atoms with E-state index in [0.29, 0.717) is 18.1 Å². The van der Waals surface area contributed by atoms with Gasteiger partial charge in [0.05, 0.1) is 12.3 Å². The van der Waals surface area contributed by atoms with Crippen LogP contribution in [0.25, 0.3) is 0 Å². The molecule has 0 saturated heterocycles. The number of hydrogen-bond acceptors (Lipinski definition) is 4. The highest BCUT2D eigenvalue weighted by Crippen LogP contribution is 2.26. The Morgan fingerprint density at radius 2 is 2.30 bits per heavy atom. The van der Waals surface area contributed by atoms with E-state index in [2.05, 4.69) is 10.5 Å². The summed E-state index contributed by atoms with van der Waals surface area (Å²) in [5.74, 6) is 1.09. The maximum Gasteiger partial charge on any atom is 0.258 e. The van der Waals surface area contributed by atoms with E-state index in [1.54, 1.807) is 6.07 Å². The van der Waals surface area contributed by atoms with E-state index in [9.17, 15) is 4.79 Å². The second kappa shape index (κ2) is 5.00. The Bertz CT molecular complexity index is 661. The van der Waals surface area contributed by atoms with Crippen molar-refractivity contribution in [2.75, 3.05) is 11.9 Å². The Kier molecular flexibility index (Phi) is 3.18. The average Bonchev–Trinajstić information content (AvgIpc) is 3.05. The molecule has 104 valence electrons. The third kappa shape index (κ3) is 2.15. The molecule has 1 aromatic heterocycles. The fourth-order valence-corrected chi connectivity index (χ4v) is 2.32. The Balaban J connectivity index is 1.80. The molecule has 3 rings (SSSR count). The standard InChI is InChI=1S/C15H16N2O3/c1-3-12-9(2)15(20-17-12)16-14(18)11-4-5-13-10(8-11)6-7-19-13/h4-5,8H,3,6-7H2,1-2H3,(H,16,18). The number of rotatable bonds is 3. The van der Waals surface area contributed by atoms with Crippen molar-refractivity contribution in [2.45, 2.75) is 26.7 Å². The monoisotopic (exact) mass is 272 g/mol. The number of carbonyl (C=O) groups excluding carboxylic acids is 1. The van der Waals surface area contributed by atoms with Crippen LogP contribution >= 0.6 is 0 Å². The summed E-state index contributed by atoms with van der Waals surface area (Å²) in [5.41, 5.74) is 3.41. The highest BCUT2D eigenvalue weighted by Gasteiger charge is 2.17. The highest BCUT2D eigenvalue weighted by molar-refractivity contribution is 6.04. The highest BCUT2D eigenvalue weighted by atomic mass is 16.5. The molecule has 1 aliphatic rings. The van der Waals surface area contributed by atoms with Crippen LogP contribution < -0.4 is 10.1 Å². The van der Waals surface area contributed by atoms with E-state index in [0.717, 1.165) is 35.4 Å². The lowest BCUT2D eigenvalue weighted by Crippen LogP contribution is -2.12. The lowest BCUT2D eigenvalue weighted by molar-refractivity contribution is 0.102. The van der Waals surface area contributed by atoms with Crippen LogP contribution in [-0.4, -0.2) is 17.7 Å². The normalized spacial score (nSPS) is 12.9. The number of amides is 1. The molecule has 1 amide bonds. The summed E-state index contributed by atoms with van der Waals surface area (Å²) in [4.78, 5) is 12.2. The topological polar surface area (TPSA) is 64.4 Å². The number of nitrogens with one attached hydrogen (secondary N) is 1. The van der Waals surface area contributed by atoms with E-state index < -0.39 is 0 Å². The van der Waals surface area contributed by atoms with Crippen molar-refractivity contribution in [1.29, 1.82) is 0 Å². The Morgan fingerprint density at radius 3 is 3.05 bits per heavy atom. The fraction of sp³-hybridized carbons (Fsp3) is 0.333. The molecule has 0 atom stereocenters. The molecule has 2 heterocycles. The number of carbonyl (C=O) groups is 1. The minimum absolute atomic E-state index is 0.193. The molecule has 1 N–H and O–H groups in total. The molecule has 0 fully saturated rings. The second-order valence-electron chi connectivity index (χ2n) is 4.81. The van der Waals surface area contributed by atoms with Crippen LogP contribution in [0.4, 0.5) is 5.88 Å². The lowest BCUT2D eigenvalue weighted by Gasteiger charge is -2.04. The summed E-state index contributed by atoms with van der Waals surface area (Å²) < 4.78 is 10.6.